The molecule has 2 N–H and O–H groups in total. The molecule has 0 aromatic rings. The summed E-state index contributed by atoms with van der Waals surface area (Å²) in [6.07, 6.45) is 6.25. The Morgan fingerprint density at radius 2 is 1.80 bits per heavy atom. The van der Waals surface area contributed by atoms with Gasteiger partial charge in [0.1, 0.15) is 0 Å². The molecule has 2 saturated carbocycles. The highest BCUT2D eigenvalue weighted by molar-refractivity contribution is 5.82. The second-order valence-corrected chi connectivity index (χ2v) is 5.47. The van der Waals surface area contributed by atoms with Gasteiger partial charge >= 0.3 is 0 Å². The quantitative estimate of drug-likeness (QED) is 0.698. The van der Waals surface area contributed by atoms with E-state index in [4.69, 9.17) is 5.73 Å². The zero-order valence-corrected chi connectivity index (χ0v) is 9.19. The number of hydrogen-bond donors (Lipinski definition) is 1. The Morgan fingerprint density at radius 1 is 1.13 bits per heavy atom. The van der Waals surface area contributed by atoms with Gasteiger partial charge in [-0.3, -0.25) is 4.79 Å². The minimum atomic E-state index is 0.231. The van der Waals surface area contributed by atoms with E-state index < -0.39 is 0 Å². The van der Waals surface area contributed by atoms with Crippen LogP contribution in [0.1, 0.15) is 32.1 Å². The van der Waals surface area contributed by atoms with Crippen LogP contribution >= 0.6 is 0 Å². The average molecular weight is 208 g/mol. The first-order valence-electron chi connectivity index (χ1n) is 6.32. The molecule has 3 rings (SSSR count). The fraction of sp³-hybridized carbons (Fsp3) is 0.917. The van der Waals surface area contributed by atoms with E-state index in [0.717, 1.165) is 31.3 Å². The number of fused-ring (bicyclic) bond motifs is 1. The van der Waals surface area contributed by atoms with Gasteiger partial charge in [0.15, 0.2) is 0 Å². The van der Waals surface area contributed by atoms with Crippen LogP contribution in [-0.4, -0.2) is 29.9 Å². The number of amides is 1. The third-order valence-corrected chi connectivity index (χ3v) is 4.48. The number of hydrogen-bond acceptors (Lipinski definition) is 2. The first-order chi connectivity index (χ1) is 7.27. The summed E-state index contributed by atoms with van der Waals surface area (Å²) in [7, 11) is 0. The highest BCUT2D eigenvalue weighted by atomic mass is 16.2. The number of nitrogens with two attached hydrogens (primary N) is 1. The van der Waals surface area contributed by atoms with Crippen LogP contribution in [0.4, 0.5) is 0 Å². The van der Waals surface area contributed by atoms with Crippen molar-refractivity contribution in [2.75, 3.05) is 13.1 Å². The Bertz CT molecular complexity index is 267. The molecule has 1 aliphatic heterocycles. The molecule has 2 unspecified atom stereocenters. The van der Waals surface area contributed by atoms with E-state index in [1.807, 2.05) is 4.90 Å². The lowest BCUT2D eigenvalue weighted by Gasteiger charge is -2.15. The third kappa shape index (κ3) is 1.57. The summed E-state index contributed by atoms with van der Waals surface area (Å²) in [5, 5.41) is 0. The van der Waals surface area contributed by atoms with Crippen LogP contribution in [-0.2, 0) is 4.79 Å². The van der Waals surface area contributed by atoms with Gasteiger partial charge in [-0.15, -0.1) is 0 Å². The molecule has 0 spiro atoms. The second-order valence-electron chi connectivity index (χ2n) is 5.47. The largest absolute Gasteiger partial charge is 0.341 e. The molecule has 0 aromatic carbocycles. The lowest BCUT2D eigenvalue weighted by atomic mass is 10.0. The minimum Gasteiger partial charge on any atom is -0.341 e. The van der Waals surface area contributed by atoms with Gasteiger partial charge in [-0.05, 0) is 31.1 Å². The Morgan fingerprint density at radius 3 is 2.33 bits per heavy atom. The SMILES string of the molecule is N[C@@H]1CCN(C(=O)C2C3CCCCC32)C1. The van der Waals surface area contributed by atoms with Gasteiger partial charge in [0.05, 0.1) is 0 Å². The molecule has 3 aliphatic rings. The fourth-order valence-corrected chi connectivity index (χ4v) is 3.56. The average Bonchev–Trinajstić information content (AvgIpc) is 2.82. The van der Waals surface area contributed by atoms with Crippen molar-refractivity contribution in [2.24, 2.45) is 23.5 Å². The summed E-state index contributed by atoms with van der Waals surface area (Å²) < 4.78 is 0. The van der Waals surface area contributed by atoms with Crippen LogP contribution in [0.2, 0.25) is 0 Å². The minimum absolute atomic E-state index is 0.231. The lowest BCUT2D eigenvalue weighted by Crippen LogP contribution is -2.33. The molecule has 3 nitrogen and oxygen atoms in total. The number of carbonyl (C=O) groups is 1. The van der Waals surface area contributed by atoms with Gasteiger partial charge in [-0.25, -0.2) is 0 Å². The van der Waals surface area contributed by atoms with Crippen LogP contribution in [0.25, 0.3) is 0 Å². The summed E-state index contributed by atoms with van der Waals surface area (Å²) >= 11 is 0. The lowest BCUT2D eigenvalue weighted by molar-refractivity contribution is -0.132. The van der Waals surface area contributed by atoms with Crippen LogP contribution in [0, 0.1) is 17.8 Å². The molecule has 1 saturated heterocycles. The number of carbonyl (C=O) groups excluding carboxylic acids is 1. The molecule has 3 fully saturated rings. The molecule has 2 aliphatic carbocycles. The molecular weight excluding hydrogens is 188 g/mol. The normalized spacial score (nSPS) is 43.9. The van der Waals surface area contributed by atoms with E-state index in [0.29, 0.717) is 11.8 Å². The number of rotatable bonds is 1. The first kappa shape index (κ1) is 9.64. The molecule has 0 radical (unpaired) electrons. The molecule has 15 heavy (non-hydrogen) atoms. The Hall–Kier alpha value is -0.570. The molecule has 1 amide bonds. The van der Waals surface area contributed by atoms with Gasteiger partial charge < -0.3 is 10.6 Å². The topological polar surface area (TPSA) is 46.3 Å². The maximum atomic E-state index is 12.2. The zero-order chi connectivity index (χ0) is 10.4. The molecule has 1 heterocycles. The maximum absolute atomic E-state index is 12.2. The standard InChI is InChI=1S/C12H20N2O/c13-8-5-6-14(7-8)12(15)11-9-3-1-2-4-10(9)11/h8-11H,1-7,13H2/t8-,9?,10?,11?/m1/s1. The predicted octanol–water partition coefficient (Wildman–Crippen LogP) is 0.982. The van der Waals surface area contributed by atoms with E-state index in [1.54, 1.807) is 0 Å². The predicted molar refractivity (Wildman–Crippen MR) is 58.1 cm³/mol. The van der Waals surface area contributed by atoms with Crippen molar-refractivity contribution < 1.29 is 4.79 Å². The van der Waals surface area contributed by atoms with Crippen molar-refractivity contribution in [3.8, 4) is 0 Å². The Labute approximate surface area is 91.0 Å². The van der Waals surface area contributed by atoms with Gasteiger partial charge in [0, 0.05) is 25.0 Å². The van der Waals surface area contributed by atoms with Crippen molar-refractivity contribution in [3.05, 3.63) is 0 Å². The van der Waals surface area contributed by atoms with Crippen LogP contribution in [0.3, 0.4) is 0 Å². The zero-order valence-electron chi connectivity index (χ0n) is 9.19. The third-order valence-electron chi connectivity index (χ3n) is 4.48. The van der Waals surface area contributed by atoms with E-state index in [1.165, 1.54) is 25.7 Å². The Balaban J connectivity index is 1.61. The van der Waals surface area contributed by atoms with Gasteiger partial charge in [-0.2, -0.15) is 0 Å². The van der Waals surface area contributed by atoms with E-state index in [9.17, 15) is 4.79 Å². The van der Waals surface area contributed by atoms with Crippen molar-refractivity contribution in [3.63, 3.8) is 0 Å². The molecule has 84 valence electrons. The Kier molecular flexibility index (Phi) is 2.23. The highest BCUT2D eigenvalue weighted by Gasteiger charge is 2.56. The molecule has 0 aromatic heterocycles. The summed E-state index contributed by atoms with van der Waals surface area (Å²) in [4.78, 5) is 14.2. The first-order valence-corrected chi connectivity index (χ1v) is 6.32. The van der Waals surface area contributed by atoms with Crippen LogP contribution in [0.5, 0.6) is 0 Å². The summed E-state index contributed by atoms with van der Waals surface area (Å²) in [5.74, 6) is 2.28. The highest BCUT2D eigenvalue weighted by Crippen LogP contribution is 2.56. The summed E-state index contributed by atoms with van der Waals surface area (Å²) in [6, 6.07) is 0.231. The number of likely N-dealkylation sites (tertiary alicyclic amines) is 1. The molecule has 3 atom stereocenters. The van der Waals surface area contributed by atoms with Gasteiger partial charge in [0.2, 0.25) is 5.91 Å². The van der Waals surface area contributed by atoms with Crippen LogP contribution in [0.15, 0.2) is 0 Å². The van der Waals surface area contributed by atoms with Crippen molar-refractivity contribution >= 4 is 5.91 Å². The van der Waals surface area contributed by atoms with Crippen molar-refractivity contribution in [1.29, 1.82) is 0 Å². The van der Waals surface area contributed by atoms with Crippen LogP contribution < -0.4 is 5.73 Å². The van der Waals surface area contributed by atoms with Crippen molar-refractivity contribution in [1.82, 2.24) is 4.90 Å². The van der Waals surface area contributed by atoms with E-state index in [2.05, 4.69) is 0 Å². The maximum Gasteiger partial charge on any atom is 0.226 e. The number of nitrogens with zero attached hydrogens (tertiary/aromatic N) is 1. The van der Waals surface area contributed by atoms with Gasteiger partial charge in [-0.1, -0.05) is 12.8 Å². The fourth-order valence-electron chi connectivity index (χ4n) is 3.56. The second kappa shape index (κ2) is 3.48. The van der Waals surface area contributed by atoms with Gasteiger partial charge in [0.25, 0.3) is 0 Å². The molecule has 3 heteroatoms. The summed E-state index contributed by atoms with van der Waals surface area (Å²) in [6.45, 7) is 1.70. The monoisotopic (exact) mass is 208 g/mol. The van der Waals surface area contributed by atoms with E-state index >= 15 is 0 Å². The smallest absolute Gasteiger partial charge is 0.226 e. The van der Waals surface area contributed by atoms with Crippen molar-refractivity contribution in [2.45, 2.75) is 38.1 Å². The summed E-state index contributed by atoms with van der Waals surface area (Å²) in [5.41, 5.74) is 5.84. The van der Waals surface area contributed by atoms with E-state index in [-0.39, 0.29) is 6.04 Å². The molecular formula is C12H20N2O. The molecule has 0 bridgehead atoms.